The van der Waals surface area contributed by atoms with E-state index in [1.54, 1.807) is 24.8 Å². The average Bonchev–Trinajstić information content (AvgIpc) is 2.76. The molecule has 21 heavy (non-hydrogen) atoms. The Morgan fingerprint density at radius 3 is 2.67 bits per heavy atom. The largest absolute Gasteiger partial charge is 0.382 e. The highest BCUT2D eigenvalue weighted by Gasteiger charge is 2.19. The summed E-state index contributed by atoms with van der Waals surface area (Å²) in [5.74, 6) is 1.95. The van der Waals surface area contributed by atoms with Crippen LogP contribution in [0.5, 0.6) is 0 Å². The summed E-state index contributed by atoms with van der Waals surface area (Å²) in [6, 6.07) is 1.85. The smallest absolute Gasteiger partial charge is 0.225 e. The first-order chi connectivity index (χ1) is 10.3. The summed E-state index contributed by atoms with van der Waals surface area (Å²) in [5, 5.41) is 0. The lowest BCUT2D eigenvalue weighted by Crippen LogP contribution is -2.26. The second kappa shape index (κ2) is 6.47. The van der Waals surface area contributed by atoms with Gasteiger partial charge in [0.15, 0.2) is 0 Å². The van der Waals surface area contributed by atoms with Crippen LogP contribution >= 0.6 is 0 Å². The molecule has 0 aliphatic carbocycles. The van der Waals surface area contributed by atoms with Gasteiger partial charge in [0.05, 0.1) is 18.1 Å². The third kappa shape index (κ3) is 3.65. The van der Waals surface area contributed by atoms with Crippen molar-refractivity contribution in [3.8, 4) is 0 Å². The molecule has 2 aromatic rings. The van der Waals surface area contributed by atoms with Gasteiger partial charge in [0.25, 0.3) is 0 Å². The minimum atomic E-state index is 0.479. The molecule has 2 aromatic heterocycles. The van der Waals surface area contributed by atoms with Gasteiger partial charge in [0, 0.05) is 25.5 Å². The number of hydrogen-bond donors (Lipinski definition) is 1. The molecule has 1 aliphatic rings. The lowest BCUT2D eigenvalue weighted by Gasteiger charge is -2.20. The van der Waals surface area contributed by atoms with Crippen molar-refractivity contribution >= 4 is 11.8 Å². The van der Waals surface area contributed by atoms with Crippen LogP contribution in [0.1, 0.15) is 25.0 Å². The fourth-order valence-corrected chi connectivity index (χ4v) is 2.79. The summed E-state index contributed by atoms with van der Waals surface area (Å²) in [5.41, 5.74) is 6.60. The molecule has 3 heterocycles. The predicted molar refractivity (Wildman–Crippen MR) is 81.7 cm³/mol. The third-order valence-electron chi connectivity index (χ3n) is 3.91. The summed E-state index contributed by atoms with van der Waals surface area (Å²) in [6.07, 6.45) is 11.5. The zero-order chi connectivity index (χ0) is 14.5. The van der Waals surface area contributed by atoms with Crippen molar-refractivity contribution < 1.29 is 0 Å². The fraction of sp³-hybridized carbons (Fsp3) is 0.467. The monoisotopic (exact) mass is 284 g/mol. The Morgan fingerprint density at radius 1 is 1.05 bits per heavy atom. The van der Waals surface area contributed by atoms with Gasteiger partial charge in [0.2, 0.25) is 5.95 Å². The molecule has 110 valence electrons. The van der Waals surface area contributed by atoms with Crippen LogP contribution in [0.2, 0.25) is 0 Å². The van der Waals surface area contributed by atoms with E-state index in [1.165, 1.54) is 6.42 Å². The third-order valence-corrected chi connectivity index (χ3v) is 3.91. The molecule has 1 aliphatic heterocycles. The van der Waals surface area contributed by atoms with E-state index >= 15 is 0 Å². The van der Waals surface area contributed by atoms with Gasteiger partial charge >= 0.3 is 0 Å². The molecular formula is C15H20N6. The van der Waals surface area contributed by atoms with E-state index < -0.39 is 0 Å². The van der Waals surface area contributed by atoms with E-state index in [0.29, 0.717) is 11.7 Å². The molecule has 1 atom stereocenters. The van der Waals surface area contributed by atoms with Gasteiger partial charge in [-0.3, -0.25) is 4.98 Å². The van der Waals surface area contributed by atoms with Crippen LogP contribution in [-0.4, -0.2) is 33.0 Å². The van der Waals surface area contributed by atoms with E-state index in [4.69, 9.17) is 5.73 Å². The van der Waals surface area contributed by atoms with Crippen LogP contribution in [0.25, 0.3) is 0 Å². The fourth-order valence-electron chi connectivity index (χ4n) is 2.79. The van der Waals surface area contributed by atoms with Crippen molar-refractivity contribution in [2.24, 2.45) is 5.92 Å². The number of anilines is 2. The maximum Gasteiger partial charge on any atom is 0.225 e. The molecule has 6 heteroatoms. The van der Waals surface area contributed by atoms with Crippen molar-refractivity contribution in [2.45, 2.75) is 25.7 Å². The van der Waals surface area contributed by atoms with Gasteiger partial charge in [-0.1, -0.05) is 0 Å². The summed E-state index contributed by atoms with van der Waals surface area (Å²) in [6.45, 7) is 2.02. The number of rotatable bonds is 3. The number of nitrogen functional groups attached to an aromatic ring is 1. The summed E-state index contributed by atoms with van der Waals surface area (Å²) in [4.78, 5) is 19.4. The van der Waals surface area contributed by atoms with Gasteiger partial charge in [0.1, 0.15) is 5.82 Å². The van der Waals surface area contributed by atoms with Crippen molar-refractivity contribution in [2.75, 3.05) is 23.7 Å². The molecule has 0 unspecified atom stereocenters. The zero-order valence-corrected chi connectivity index (χ0v) is 12.0. The zero-order valence-electron chi connectivity index (χ0n) is 12.0. The lowest BCUT2D eigenvalue weighted by molar-refractivity contribution is 0.466. The second-order valence-electron chi connectivity index (χ2n) is 5.47. The molecule has 1 fully saturated rings. The SMILES string of the molecule is Nc1cnc(C[C@@H]2CCCN(c3ncccn3)CC2)cn1. The van der Waals surface area contributed by atoms with Crippen molar-refractivity contribution in [3.05, 3.63) is 36.5 Å². The normalized spacial score (nSPS) is 19.2. The van der Waals surface area contributed by atoms with Crippen LogP contribution < -0.4 is 10.6 Å². The molecule has 0 amide bonds. The lowest BCUT2D eigenvalue weighted by atomic mass is 9.95. The maximum atomic E-state index is 5.57. The quantitative estimate of drug-likeness (QED) is 0.924. The van der Waals surface area contributed by atoms with Crippen LogP contribution in [0.3, 0.4) is 0 Å². The molecule has 0 bridgehead atoms. The van der Waals surface area contributed by atoms with Crippen LogP contribution in [0, 0.1) is 5.92 Å². The molecule has 3 rings (SSSR count). The second-order valence-corrected chi connectivity index (χ2v) is 5.47. The Balaban J connectivity index is 1.59. The highest BCUT2D eigenvalue weighted by Crippen LogP contribution is 2.22. The Bertz CT molecular complexity index is 556. The minimum Gasteiger partial charge on any atom is -0.382 e. The standard InChI is InChI=1S/C15H20N6/c16-14-11-19-13(10-20-14)9-12-3-1-7-21(8-4-12)15-17-5-2-6-18-15/h2,5-6,10-12H,1,3-4,7-9H2,(H2,16,20)/t12-/m1/s1. The number of nitrogens with zero attached hydrogens (tertiary/aromatic N) is 5. The molecule has 0 aromatic carbocycles. The van der Waals surface area contributed by atoms with E-state index in [2.05, 4.69) is 24.8 Å². The van der Waals surface area contributed by atoms with E-state index in [-0.39, 0.29) is 0 Å². The molecule has 0 radical (unpaired) electrons. The number of nitrogens with two attached hydrogens (primary N) is 1. The van der Waals surface area contributed by atoms with Crippen LogP contribution in [-0.2, 0) is 6.42 Å². The maximum absolute atomic E-state index is 5.57. The van der Waals surface area contributed by atoms with Gasteiger partial charge in [-0.25, -0.2) is 15.0 Å². The highest BCUT2D eigenvalue weighted by atomic mass is 15.2. The Kier molecular flexibility index (Phi) is 4.23. The summed E-state index contributed by atoms with van der Waals surface area (Å²) < 4.78 is 0. The average molecular weight is 284 g/mol. The topological polar surface area (TPSA) is 80.8 Å². The van der Waals surface area contributed by atoms with Crippen molar-refractivity contribution in [1.82, 2.24) is 19.9 Å². The molecule has 0 spiro atoms. The molecule has 1 saturated heterocycles. The van der Waals surface area contributed by atoms with Crippen LogP contribution in [0.15, 0.2) is 30.9 Å². The predicted octanol–water partition coefficient (Wildman–Crippen LogP) is 1.70. The van der Waals surface area contributed by atoms with Gasteiger partial charge in [-0.2, -0.15) is 0 Å². The van der Waals surface area contributed by atoms with Crippen molar-refractivity contribution in [3.63, 3.8) is 0 Å². The first kappa shape index (κ1) is 13.7. The Morgan fingerprint density at radius 2 is 1.90 bits per heavy atom. The highest BCUT2D eigenvalue weighted by molar-refractivity contribution is 5.28. The summed E-state index contributed by atoms with van der Waals surface area (Å²) in [7, 11) is 0. The van der Waals surface area contributed by atoms with Gasteiger partial charge in [-0.05, 0) is 37.7 Å². The molecular weight excluding hydrogens is 264 g/mol. The van der Waals surface area contributed by atoms with Crippen molar-refractivity contribution in [1.29, 1.82) is 0 Å². The first-order valence-electron chi connectivity index (χ1n) is 7.39. The number of hydrogen-bond acceptors (Lipinski definition) is 6. The van der Waals surface area contributed by atoms with E-state index in [0.717, 1.165) is 44.0 Å². The Hall–Kier alpha value is -2.24. The number of aromatic nitrogens is 4. The summed E-state index contributed by atoms with van der Waals surface area (Å²) >= 11 is 0. The Labute approximate surface area is 124 Å². The van der Waals surface area contributed by atoms with E-state index in [9.17, 15) is 0 Å². The van der Waals surface area contributed by atoms with E-state index in [1.807, 2.05) is 6.07 Å². The van der Waals surface area contributed by atoms with Gasteiger partial charge < -0.3 is 10.6 Å². The molecule has 6 nitrogen and oxygen atoms in total. The minimum absolute atomic E-state index is 0.479. The molecule has 0 saturated carbocycles. The van der Waals surface area contributed by atoms with Gasteiger partial charge in [-0.15, -0.1) is 0 Å². The first-order valence-corrected chi connectivity index (χ1v) is 7.39. The molecule has 2 N–H and O–H groups in total. The van der Waals surface area contributed by atoms with Crippen LogP contribution in [0.4, 0.5) is 11.8 Å².